The fourth-order valence-corrected chi connectivity index (χ4v) is 4.14. The number of hydrogen-bond donors (Lipinski definition) is 0. The van der Waals surface area contributed by atoms with Crippen molar-refractivity contribution >= 4 is 11.9 Å². The molecule has 1 aliphatic heterocycles. The highest BCUT2D eigenvalue weighted by molar-refractivity contribution is 5.91. The molecule has 1 fully saturated rings. The summed E-state index contributed by atoms with van der Waals surface area (Å²) < 4.78 is 24.9. The number of ether oxygens (including phenoxy) is 2. The van der Waals surface area contributed by atoms with Crippen LogP contribution in [0.25, 0.3) is 0 Å². The lowest BCUT2D eigenvalue weighted by atomic mass is 9.90. The van der Waals surface area contributed by atoms with Crippen LogP contribution in [0.3, 0.4) is 0 Å². The molecular formula is C26H24FNO4. The van der Waals surface area contributed by atoms with E-state index in [4.69, 9.17) is 9.47 Å². The Morgan fingerprint density at radius 1 is 0.906 bits per heavy atom. The maximum Gasteiger partial charge on any atom is 0.328 e. The van der Waals surface area contributed by atoms with Gasteiger partial charge in [-0.25, -0.2) is 9.18 Å². The third-order valence-electron chi connectivity index (χ3n) is 5.66. The number of carbonyl (C=O) groups is 2. The lowest BCUT2D eigenvalue weighted by Gasteiger charge is -2.28. The number of nitrogens with zero attached hydrogens (tertiary/aromatic N) is 1. The van der Waals surface area contributed by atoms with Crippen LogP contribution in [0.15, 0.2) is 84.9 Å². The lowest BCUT2D eigenvalue weighted by molar-refractivity contribution is -0.151. The van der Waals surface area contributed by atoms with Gasteiger partial charge in [0.2, 0.25) is 5.91 Å². The van der Waals surface area contributed by atoms with E-state index in [2.05, 4.69) is 0 Å². The third kappa shape index (κ3) is 4.49. The van der Waals surface area contributed by atoms with Gasteiger partial charge in [0.25, 0.3) is 0 Å². The van der Waals surface area contributed by atoms with Crippen LogP contribution < -0.4 is 4.74 Å². The van der Waals surface area contributed by atoms with Crippen LogP contribution in [-0.4, -0.2) is 42.6 Å². The molecule has 4 rings (SSSR count). The molecule has 3 aromatic rings. The van der Waals surface area contributed by atoms with Gasteiger partial charge >= 0.3 is 5.97 Å². The molecule has 0 N–H and O–H groups in total. The molecule has 0 aliphatic carbocycles. The van der Waals surface area contributed by atoms with E-state index in [-0.39, 0.29) is 24.6 Å². The van der Waals surface area contributed by atoms with Gasteiger partial charge < -0.3 is 14.4 Å². The minimum atomic E-state index is -0.806. The lowest BCUT2D eigenvalue weighted by Crippen LogP contribution is -2.44. The minimum absolute atomic E-state index is 0.0954. The Labute approximate surface area is 186 Å². The van der Waals surface area contributed by atoms with Gasteiger partial charge in [0.15, 0.2) is 11.6 Å². The van der Waals surface area contributed by atoms with Crippen molar-refractivity contribution in [3.8, 4) is 5.75 Å². The van der Waals surface area contributed by atoms with Crippen LogP contribution in [0.2, 0.25) is 0 Å². The largest absolute Gasteiger partial charge is 0.485 e. The Kier molecular flexibility index (Phi) is 6.50. The number of para-hydroxylation sites is 1. The molecule has 1 amide bonds. The number of likely N-dealkylation sites (tertiary alicyclic amines) is 1. The Bertz CT molecular complexity index is 1030. The number of amides is 1. The summed E-state index contributed by atoms with van der Waals surface area (Å²) in [6, 6.07) is 24.2. The van der Waals surface area contributed by atoms with Crippen LogP contribution in [-0.2, 0) is 14.3 Å². The molecule has 0 spiro atoms. The van der Waals surface area contributed by atoms with E-state index < -0.39 is 29.9 Å². The molecule has 164 valence electrons. The van der Waals surface area contributed by atoms with Crippen LogP contribution in [0.5, 0.6) is 5.75 Å². The number of rotatable bonds is 6. The quantitative estimate of drug-likeness (QED) is 0.548. The van der Waals surface area contributed by atoms with Crippen molar-refractivity contribution in [3.05, 3.63) is 102 Å². The van der Waals surface area contributed by atoms with Crippen molar-refractivity contribution in [3.63, 3.8) is 0 Å². The van der Waals surface area contributed by atoms with Gasteiger partial charge in [-0.2, -0.15) is 0 Å². The molecule has 0 aromatic heterocycles. The summed E-state index contributed by atoms with van der Waals surface area (Å²) in [4.78, 5) is 27.9. The van der Waals surface area contributed by atoms with Crippen molar-refractivity contribution in [2.75, 3.05) is 13.7 Å². The van der Waals surface area contributed by atoms with Crippen molar-refractivity contribution in [2.24, 2.45) is 0 Å². The van der Waals surface area contributed by atoms with Gasteiger partial charge in [-0.15, -0.1) is 0 Å². The fraction of sp³-hybridized carbons (Fsp3) is 0.231. The first-order chi connectivity index (χ1) is 15.6. The fourth-order valence-electron chi connectivity index (χ4n) is 4.14. The predicted octanol–water partition coefficient (Wildman–Crippen LogP) is 4.18. The topological polar surface area (TPSA) is 55.8 Å². The molecule has 5 nitrogen and oxygen atoms in total. The van der Waals surface area contributed by atoms with Crippen molar-refractivity contribution in [1.82, 2.24) is 4.90 Å². The predicted molar refractivity (Wildman–Crippen MR) is 118 cm³/mol. The first-order valence-corrected chi connectivity index (χ1v) is 10.5. The van der Waals surface area contributed by atoms with E-state index in [0.717, 1.165) is 11.1 Å². The Morgan fingerprint density at radius 2 is 1.47 bits per heavy atom. The minimum Gasteiger partial charge on any atom is -0.485 e. The number of methoxy groups -OCH3 is 1. The number of hydrogen-bond acceptors (Lipinski definition) is 4. The normalized spacial score (nSPS) is 17.9. The maximum absolute atomic E-state index is 14.1. The zero-order valence-corrected chi connectivity index (χ0v) is 17.7. The highest BCUT2D eigenvalue weighted by Crippen LogP contribution is 2.32. The number of halogens is 1. The molecular weight excluding hydrogens is 409 g/mol. The van der Waals surface area contributed by atoms with Gasteiger partial charge in [-0.05, 0) is 23.3 Å². The van der Waals surface area contributed by atoms with Gasteiger partial charge in [0, 0.05) is 6.42 Å². The Morgan fingerprint density at radius 3 is 2.03 bits per heavy atom. The van der Waals surface area contributed by atoms with Crippen LogP contribution in [0.1, 0.15) is 23.5 Å². The van der Waals surface area contributed by atoms with Crippen LogP contribution in [0.4, 0.5) is 4.39 Å². The molecule has 2 atom stereocenters. The van der Waals surface area contributed by atoms with E-state index in [1.807, 2.05) is 60.7 Å². The summed E-state index contributed by atoms with van der Waals surface area (Å²) in [7, 11) is 1.29. The maximum atomic E-state index is 14.1. The number of benzene rings is 3. The molecule has 32 heavy (non-hydrogen) atoms. The Balaban J connectivity index is 1.65. The monoisotopic (exact) mass is 433 g/mol. The van der Waals surface area contributed by atoms with Gasteiger partial charge in [-0.1, -0.05) is 72.8 Å². The van der Waals surface area contributed by atoms with E-state index in [0.29, 0.717) is 0 Å². The number of esters is 1. The van der Waals surface area contributed by atoms with Crippen molar-refractivity contribution < 1.29 is 23.5 Å². The smallest absolute Gasteiger partial charge is 0.328 e. The number of carbonyl (C=O) groups excluding carboxylic acids is 2. The van der Waals surface area contributed by atoms with E-state index in [1.165, 1.54) is 24.1 Å². The molecule has 1 aliphatic rings. The summed E-state index contributed by atoms with van der Waals surface area (Å²) in [5.41, 5.74) is 1.65. The molecule has 3 aromatic carbocycles. The molecule has 0 saturated carbocycles. The molecule has 6 heteroatoms. The van der Waals surface area contributed by atoms with E-state index >= 15 is 0 Å². The van der Waals surface area contributed by atoms with Gasteiger partial charge in [0.1, 0.15) is 12.1 Å². The second kappa shape index (κ2) is 9.64. The molecule has 0 bridgehead atoms. The average molecular weight is 433 g/mol. The summed E-state index contributed by atoms with van der Waals surface area (Å²) in [6.45, 7) is 0.156. The molecule has 0 radical (unpaired) electrons. The van der Waals surface area contributed by atoms with Crippen LogP contribution in [0, 0.1) is 5.82 Å². The molecule has 2 unspecified atom stereocenters. The Hall–Kier alpha value is -3.67. The van der Waals surface area contributed by atoms with Gasteiger partial charge in [-0.3, -0.25) is 4.79 Å². The summed E-state index contributed by atoms with van der Waals surface area (Å²) >= 11 is 0. The summed E-state index contributed by atoms with van der Waals surface area (Å²) in [5, 5.41) is 0. The van der Waals surface area contributed by atoms with Crippen molar-refractivity contribution in [2.45, 2.75) is 24.5 Å². The van der Waals surface area contributed by atoms with Gasteiger partial charge in [0.05, 0.1) is 19.6 Å². The molecule has 1 saturated heterocycles. The van der Waals surface area contributed by atoms with E-state index in [1.54, 1.807) is 12.1 Å². The SMILES string of the molecule is COC(=O)C1CC(Oc2ccccc2F)CN1C(=O)C(c1ccccc1)c1ccccc1. The van der Waals surface area contributed by atoms with Crippen LogP contribution >= 0.6 is 0 Å². The molecule has 1 heterocycles. The highest BCUT2D eigenvalue weighted by atomic mass is 19.1. The zero-order chi connectivity index (χ0) is 22.5. The first kappa shape index (κ1) is 21.6. The summed E-state index contributed by atoms with van der Waals surface area (Å²) in [5.74, 6) is -1.72. The van der Waals surface area contributed by atoms with E-state index in [9.17, 15) is 14.0 Å². The third-order valence-corrected chi connectivity index (χ3v) is 5.66. The highest BCUT2D eigenvalue weighted by Gasteiger charge is 2.44. The first-order valence-electron chi connectivity index (χ1n) is 10.5. The second-order valence-corrected chi connectivity index (χ2v) is 7.69. The van der Waals surface area contributed by atoms with Crippen molar-refractivity contribution in [1.29, 1.82) is 0 Å². The zero-order valence-electron chi connectivity index (χ0n) is 17.7. The summed E-state index contributed by atoms with van der Waals surface area (Å²) in [6.07, 6.45) is -0.310. The second-order valence-electron chi connectivity index (χ2n) is 7.69. The average Bonchev–Trinajstić information content (AvgIpc) is 3.25. The standard InChI is InChI=1S/C26H24FNO4/c1-31-26(30)22-16-20(32-23-15-9-8-14-21(23)27)17-28(22)25(29)24(18-10-4-2-5-11-18)19-12-6-3-7-13-19/h2-15,20,22,24H,16-17H2,1H3.